The van der Waals surface area contributed by atoms with Gasteiger partial charge in [-0.15, -0.1) is 0 Å². The van der Waals surface area contributed by atoms with Gasteiger partial charge in [0.2, 0.25) is 0 Å². The van der Waals surface area contributed by atoms with Crippen LogP contribution in [-0.4, -0.2) is 30.1 Å². The molecule has 1 unspecified atom stereocenters. The van der Waals surface area contributed by atoms with Crippen LogP contribution < -0.4 is 10.2 Å². The van der Waals surface area contributed by atoms with Gasteiger partial charge in [-0.05, 0) is 26.2 Å². The van der Waals surface area contributed by atoms with Crippen molar-refractivity contribution in [1.82, 2.24) is 9.97 Å². The molecule has 2 rings (SSSR count). The Morgan fingerprint density at radius 1 is 1.35 bits per heavy atom. The summed E-state index contributed by atoms with van der Waals surface area (Å²) in [5.41, 5.74) is 1.16. The molecule has 0 radical (unpaired) electrons. The van der Waals surface area contributed by atoms with E-state index in [2.05, 4.69) is 34.0 Å². The summed E-state index contributed by atoms with van der Waals surface area (Å²) in [4.78, 5) is 11.4. The van der Waals surface area contributed by atoms with E-state index in [0.29, 0.717) is 0 Å². The van der Waals surface area contributed by atoms with Crippen molar-refractivity contribution >= 4 is 11.6 Å². The van der Waals surface area contributed by atoms with Crippen LogP contribution in [0, 0.1) is 19.8 Å². The first-order chi connectivity index (χ1) is 8.15. The first-order valence-electron chi connectivity index (χ1n) is 6.43. The van der Waals surface area contributed by atoms with Crippen molar-refractivity contribution in [3.05, 3.63) is 11.4 Å². The summed E-state index contributed by atoms with van der Waals surface area (Å²) < 4.78 is 0. The molecule has 1 aliphatic heterocycles. The standard InChI is InChI=1S/C13H22N4/c1-5-11-6-7-17(8-11)13-9(2)12(14-4)15-10(3)16-13/h11H,5-8H2,1-4H3,(H,14,15,16). The normalized spacial score (nSPS) is 19.8. The number of nitrogens with one attached hydrogen (secondary N) is 1. The van der Waals surface area contributed by atoms with Gasteiger partial charge < -0.3 is 10.2 Å². The molecule has 4 heteroatoms. The van der Waals surface area contributed by atoms with E-state index >= 15 is 0 Å². The van der Waals surface area contributed by atoms with Gasteiger partial charge in [0.05, 0.1) is 0 Å². The van der Waals surface area contributed by atoms with Crippen LogP contribution in [0.3, 0.4) is 0 Å². The Balaban J connectivity index is 2.29. The molecule has 0 saturated carbocycles. The third-order valence-electron chi connectivity index (χ3n) is 3.63. The largest absolute Gasteiger partial charge is 0.373 e. The molecule has 0 spiro atoms. The molecule has 4 nitrogen and oxygen atoms in total. The van der Waals surface area contributed by atoms with Gasteiger partial charge in [-0.25, -0.2) is 9.97 Å². The van der Waals surface area contributed by atoms with E-state index in [1.54, 1.807) is 0 Å². The Morgan fingerprint density at radius 3 is 2.71 bits per heavy atom. The van der Waals surface area contributed by atoms with Gasteiger partial charge in [-0.2, -0.15) is 0 Å². The van der Waals surface area contributed by atoms with E-state index in [0.717, 1.165) is 42.0 Å². The van der Waals surface area contributed by atoms with Crippen LogP contribution in [0.2, 0.25) is 0 Å². The number of hydrogen-bond donors (Lipinski definition) is 1. The molecule has 2 heterocycles. The van der Waals surface area contributed by atoms with Crippen molar-refractivity contribution < 1.29 is 0 Å². The number of anilines is 2. The predicted octanol–water partition coefficient (Wildman–Crippen LogP) is 2.37. The lowest BCUT2D eigenvalue weighted by atomic mass is 10.1. The first kappa shape index (κ1) is 12.1. The molecule has 0 aromatic carbocycles. The maximum atomic E-state index is 4.61. The lowest BCUT2D eigenvalue weighted by Crippen LogP contribution is -2.23. The van der Waals surface area contributed by atoms with Crippen LogP contribution in [0.25, 0.3) is 0 Å². The second kappa shape index (κ2) is 4.90. The van der Waals surface area contributed by atoms with Gasteiger partial charge in [0, 0.05) is 25.7 Å². The minimum absolute atomic E-state index is 0.822. The number of hydrogen-bond acceptors (Lipinski definition) is 4. The van der Waals surface area contributed by atoms with Crippen LogP contribution in [-0.2, 0) is 0 Å². The Hall–Kier alpha value is -1.32. The minimum atomic E-state index is 0.822. The quantitative estimate of drug-likeness (QED) is 0.871. The molecule has 0 bridgehead atoms. The Morgan fingerprint density at radius 2 is 2.12 bits per heavy atom. The Kier molecular flexibility index (Phi) is 3.50. The molecule has 0 amide bonds. The maximum Gasteiger partial charge on any atom is 0.137 e. The molecule has 1 N–H and O–H groups in total. The van der Waals surface area contributed by atoms with Gasteiger partial charge in [0.1, 0.15) is 17.5 Å². The third kappa shape index (κ3) is 2.35. The maximum absolute atomic E-state index is 4.61. The second-order valence-corrected chi connectivity index (χ2v) is 4.83. The lowest BCUT2D eigenvalue weighted by Gasteiger charge is -2.21. The Labute approximate surface area is 103 Å². The highest BCUT2D eigenvalue weighted by Crippen LogP contribution is 2.29. The monoisotopic (exact) mass is 234 g/mol. The highest BCUT2D eigenvalue weighted by molar-refractivity contribution is 5.58. The molecule has 94 valence electrons. The zero-order valence-corrected chi connectivity index (χ0v) is 11.2. The molecule has 1 atom stereocenters. The number of rotatable bonds is 3. The molecule has 17 heavy (non-hydrogen) atoms. The predicted molar refractivity (Wildman–Crippen MR) is 71.7 cm³/mol. The fourth-order valence-corrected chi connectivity index (χ4v) is 2.52. The smallest absolute Gasteiger partial charge is 0.137 e. The lowest BCUT2D eigenvalue weighted by molar-refractivity contribution is 0.568. The molecule has 1 aliphatic rings. The molecule has 1 fully saturated rings. The van der Waals surface area contributed by atoms with Gasteiger partial charge in [-0.1, -0.05) is 13.3 Å². The van der Waals surface area contributed by atoms with E-state index in [4.69, 9.17) is 0 Å². The average molecular weight is 234 g/mol. The SMILES string of the molecule is CCC1CCN(c2nc(C)nc(NC)c2C)C1. The van der Waals surface area contributed by atoms with Crippen molar-refractivity contribution in [2.45, 2.75) is 33.6 Å². The molecule has 1 aromatic heterocycles. The summed E-state index contributed by atoms with van der Waals surface area (Å²) in [6.45, 7) is 8.58. The van der Waals surface area contributed by atoms with E-state index in [-0.39, 0.29) is 0 Å². The van der Waals surface area contributed by atoms with E-state index < -0.39 is 0 Å². The fourth-order valence-electron chi connectivity index (χ4n) is 2.52. The van der Waals surface area contributed by atoms with Crippen LogP contribution >= 0.6 is 0 Å². The fraction of sp³-hybridized carbons (Fsp3) is 0.692. The van der Waals surface area contributed by atoms with Crippen LogP contribution in [0.5, 0.6) is 0 Å². The Bertz CT molecular complexity index is 403. The molecule has 1 aromatic rings. The van der Waals surface area contributed by atoms with Gasteiger partial charge in [-0.3, -0.25) is 0 Å². The highest BCUT2D eigenvalue weighted by Gasteiger charge is 2.24. The van der Waals surface area contributed by atoms with Crippen molar-refractivity contribution in [3.63, 3.8) is 0 Å². The highest BCUT2D eigenvalue weighted by atomic mass is 15.2. The summed E-state index contributed by atoms with van der Waals surface area (Å²) in [5.74, 6) is 3.72. The van der Waals surface area contributed by atoms with Gasteiger partial charge >= 0.3 is 0 Å². The van der Waals surface area contributed by atoms with Gasteiger partial charge in [0.25, 0.3) is 0 Å². The van der Waals surface area contributed by atoms with Crippen molar-refractivity contribution in [2.75, 3.05) is 30.4 Å². The number of nitrogens with zero attached hydrogens (tertiary/aromatic N) is 3. The van der Waals surface area contributed by atoms with E-state index in [1.807, 2.05) is 14.0 Å². The zero-order valence-electron chi connectivity index (χ0n) is 11.2. The molecular formula is C13H22N4. The number of aryl methyl sites for hydroxylation is 1. The number of aromatic nitrogens is 2. The summed E-state index contributed by atoms with van der Waals surface area (Å²) in [6, 6.07) is 0. The first-order valence-corrected chi connectivity index (χ1v) is 6.43. The molecule has 1 saturated heterocycles. The second-order valence-electron chi connectivity index (χ2n) is 4.83. The molecular weight excluding hydrogens is 212 g/mol. The minimum Gasteiger partial charge on any atom is -0.373 e. The van der Waals surface area contributed by atoms with E-state index in [1.165, 1.54) is 12.8 Å². The van der Waals surface area contributed by atoms with Crippen LogP contribution in [0.1, 0.15) is 31.2 Å². The van der Waals surface area contributed by atoms with Crippen molar-refractivity contribution in [2.24, 2.45) is 5.92 Å². The summed E-state index contributed by atoms with van der Waals surface area (Å²) in [5, 5.41) is 3.15. The topological polar surface area (TPSA) is 41.1 Å². The van der Waals surface area contributed by atoms with Crippen LogP contribution in [0.4, 0.5) is 11.6 Å². The van der Waals surface area contributed by atoms with Crippen LogP contribution in [0.15, 0.2) is 0 Å². The molecule has 0 aliphatic carbocycles. The van der Waals surface area contributed by atoms with Crippen molar-refractivity contribution in [3.8, 4) is 0 Å². The van der Waals surface area contributed by atoms with Crippen molar-refractivity contribution in [1.29, 1.82) is 0 Å². The summed E-state index contributed by atoms with van der Waals surface area (Å²) in [6.07, 6.45) is 2.55. The zero-order chi connectivity index (χ0) is 12.4. The summed E-state index contributed by atoms with van der Waals surface area (Å²) in [7, 11) is 1.91. The van der Waals surface area contributed by atoms with Gasteiger partial charge in [0.15, 0.2) is 0 Å². The van der Waals surface area contributed by atoms with E-state index in [9.17, 15) is 0 Å². The third-order valence-corrected chi connectivity index (χ3v) is 3.63. The summed E-state index contributed by atoms with van der Waals surface area (Å²) >= 11 is 0. The average Bonchev–Trinajstić information content (AvgIpc) is 2.80.